The molecule has 2 aromatic heterocycles. The minimum absolute atomic E-state index is 0.0804. The van der Waals surface area contributed by atoms with Gasteiger partial charge >= 0.3 is 0 Å². The summed E-state index contributed by atoms with van der Waals surface area (Å²) in [6.07, 6.45) is 6.25. The van der Waals surface area contributed by atoms with Crippen LogP contribution in [0.15, 0.2) is 22.9 Å². The van der Waals surface area contributed by atoms with Crippen LogP contribution in [0.4, 0.5) is 5.82 Å². The molecule has 1 saturated heterocycles. The summed E-state index contributed by atoms with van der Waals surface area (Å²) >= 11 is 0. The summed E-state index contributed by atoms with van der Waals surface area (Å²) in [6, 6.07) is 3.71. The SMILES string of the molecule is CC(=O)NC(c1nc(-c2ccc(N3CCOCC3)nc2)no1)C1CCCC1. The number of hydrogen-bond donors (Lipinski definition) is 1. The molecule has 2 aliphatic rings. The van der Waals surface area contributed by atoms with Crippen LogP contribution in [0.1, 0.15) is 44.5 Å². The average Bonchev–Trinajstić information content (AvgIpc) is 3.39. The van der Waals surface area contributed by atoms with Crippen molar-refractivity contribution in [2.75, 3.05) is 31.2 Å². The van der Waals surface area contributed by atoms with Crippen LogP contribution in [0, 0.1) is 5.92 Å². The van der Waals surface area contributed by atoms with Crippen molar-refractivity contribution < 1.29 is 14.1 Å². The number of hydrogen-bond acceptors (Lipinski definition) is 7. The molecule has 1 atom stereocenters. The Kier molecular flexibility index (Phi) is 5.33. The minimum Gasteiger partial charge on any atom is -0.378 e. The lowest BCUT2D eigenvalue weighted by molar-refractivity contribution is -0.120. The van der Waals surface area contributed by atoms with Crippen molar-refractivity contribution in [2.45, 2.75) is 38.6 Å². The van der Waals surface area contributed by atoms with Crippen molar-refractivity contribution in [3.63, 3.8) is 0 Å². The van der Waals surface area contributed by atoms with E-state index in [2.05, 4.69) is 25.3 Å². The van der Waals surface area contributed by atoms with Gasteiger partial charge in [-0.2, -0.15) is 4.98 Å². The van der Waals surface area contributed by atoms with Crippen LogP contribution >= 0.6 is 0 Å². The van der Waals surface area contributed by atoms with E-state index in [1.807, 2.05) is 12.1 Å². The monoisotopic (exact) mass is 371 g/mol. The summed E-state index contributed by atoms with van der Waals surface area (Å²) in [5.41, 5.74) is 0.801. The molecule has 0 radical (unpaired) electrons. The number of pyridine rings is 1. The first kappa shape index (κ1) is 17.9. The van der Waals surface area contributed by atoms with E-state index in [1.165, 1.54) is 19.8 Å². The van der Waals surface area contributed by atoms with E-state index < -0.39 is 0 Å². The number of carbonyl (C=O) groups excluding carboxylic acids is 1. The van der Waals surface area contributed by atoms with Crippen LogP contribution in [0.25, 0.3) is 11.4 Å². The summed E-state index contributed by atoms with van der Waals surface area (Å²) in [5.74, 6) is 2.17. The van der Waals surface area contributed by atoms with Crippen molar-refractivity contribution in [1.29, 1.82) is 0 Å². The minimum atomic E-state index is -0.216. The first-order valence-electron chi connectivity index (χ1n) is 9.60. The van der Waals surface area contributed by atoms with Crippen molar-refractivity contribution in [3.05, 3.63) is 24.2 Å². The lowest BCUT2D eigenvalue weighted by Crippen LogP contribution is -2.36. The fraction of sp³-hybridized carbons (Fsp3) is 0.579. The van der Waals surface area contributed by atoms with Crippen LogP contribution in [0.5, 0.6) is 0 Å². The second kappa shape index (κ2) is 8.04. The zero-order chi connectivity index (χ0) is 18.6. The Morgan fingerprint density at radius 1 is 1.26 bits per heavy atom. The molecule has 0 aromatic carbocycles. The highest BCUT2D eigenvalue weighted by Gasteiger charge is 2.31. The lowest BCUT2D eigenvalue weighted by Gasteiger charge is -2.27. The number of anilines is 1. The molecule has 1 N–H and O–H groups in total. The topological polar surface area (TPSA) is 93.4 Å². The fourth-order valence-electron chi connectivity index (χ4n) is 3.87. The molecule has 3 heterocycles. The van der Waals surface area contributed by atoms with Gasteiger partial charge in [-0.15, -0.1) is 0 Å². The molecule has 0 bridgehead atoms. The van der Waals surface area contributed by atoms with E-state index in [1.54, 1.807) is 6.20 Å². The zero-order valence-corrected chi connectivity index (χ0v) is 15.6. The van der Waals surface area contributed by atoms with E-state index in [9.17, 15) is 4.79 Å². The number of aromatic nitrogens is 3. The summed E-state index contributed by atoms with van der Waals surface area (Å²) in [4.78, 5) is 22.9. The van der Waals surface area contributed by atoms with E-state index >= 15 is 0 Å². The van der Waals surface area contributed by atoms with E-state index in [-0.39, 0.29) is 11.9 Å². The van der Waals surface area contributed by atoms with Crippen molar-refractivity contribution >= 4 is 11.7 Å². The van der Waals surface area contributed by atoms with Gasteiger partial charge in [0.25, 0.3) is 0 Å². The van der Waals surface area contributed by atoms with Gasteiger partial charge in [0.05, 0.1) is 13.2 Å². The molecule has 8 heteroatoms. The smallest absolute Gasteiger partial charge is 0.249 e. The van der Waals surface area contributed by atoms with Crippen LogP contribution in [0.2, 0.25) is 0 Å². The summed E-state index contributed by atoms with van der Waals surface area (Å²) in [5, 5.41) is 7.10. The lowest BCUT2D eigenvalue weighted by atomic mass is 9.98. The summed E-state index contributed by atoms with van der Waals surface area (Å²) in [7, 11) is 0. The third kappa shape index (κ3) is 4.10. The quantitative estimate of drug-likeness (QED) is 0.862. The first-order chi connectivity index (χ1) is 13.2. The number of morpholine rings is 1. The van der Waals surface area contributed by atoms with E-state index in [4.69, 9.17) is 9.26 Å². The largest absolute Gasteiger partial charge is 0.378 e. The Balaban J connectivity index is 1.51. The molecular weight excluding hydrogens is 346 g/mol. The Morgan fingerprint density at radius 2 is 2.04 bits per heavy atom. The summed E-state index contributed by atoms with van der Waals surface area (Å²) < 4.78 is 10.9. The Bertz CT molecular complexity index is 764. The number of nitrogens with zero attached hydrogens (tertiary/aromatic N) is 4. The van der Waals surface area contributed by atoms with Crippen LogP contribution in [-0.2, 0) is 9.53 Å². The molecule has 1 aliphatic heterocycles. The maximum atomic E-state index is 11.6. The fourth-order valence-corrected chi connectivity index (χ4v) is 3.87. The molecule has 1 saturated carbocycles. The number of nitrogens with one attached hydrogen (secondary N) is 1. The second-order valence-electron chi connectivity index (χ2n) is 7.18. The van der Waals surface area contributed by atoms with Crippen LogP contribution < -0.4 is 10.2 Å². The van der Waals surface area contributed by atoms with Gasteiger partial charge in [-0.05, 0) is 30.9 Å². The third-order valence-electron chi connectivity index (χ3n) is 5.28. The van der Waals surface area contributed by atoms with Gasteiger partial charge in [-0.1, -0.05) is 18.0 Å². The normalized spacial score (nSPS) is 19.2. The van der Waals surface area contributed by atoms with Crippen molar-refractivity contribution in [3.8, 4) is 11.4 Å². The average molecular weight is 371 g/mol. The third-order valence-corrected chi connectivity index (χ3v) is 5.28. The highest BCUT2D eigenvalue weighted by molar-refractivity contribution is 5.73. The molecule has 2 aromatic rings. The zero-order valence-electron chi connectivity index (χ0n) is 15.6. The van der Waals surface area contributed by atoms with Crippen molar-refractivity contribution in [2.24, 2.45) is 5.92 Å². The predicted molar refractivity (Wildman–Crippen MR) is 99.1 cm³/mol. The van der Waals surface area contributed by atoms with Gasteiger partial charge in [0, 0.05) is 31.8 Å². The molecule has 27 heavy (non-hydrogen) atoms. The predicted octanol–water partition coefficient (Wildman–Crippen LogP) is 2.34. The van der Waals surface area contributed by atoms with E-state index in [0.717, 1.165) is 50.5 Å². The number of rotatable bonds is 5. The standard InChI is InChI=1S/C19H25N5O3/c1-13(25)21-17(14-4-2-3-5-14)19-22-18(23-27-19)15-6-7-16(20-12-15)24-8-10-26-11-9-24/h6-7,12,14,17H,2-5,8-11H2,1H3,(H,21,25). The van der Waals surface area contributed by atoms with Gasteiger partial charge in [-0.25, -0.2) is 4.98 Å². The highest BCUT2D eigenvalue weighted by Crippen LogP contribution is 2.35. The van der Waals surface area contributed by atoms with Crippen molar-refractivity contribution in [1.82, 2.24) is 20.4 Å². The summed E-state index contributed by atoms with van der Waals surface area (Å²) in [6.45, 7) is 4.66. The first-order valence-corrected chi connectivity index (χ1v) is 9.60. The van der Waals surface area contributed by atoms with Gasteiger partial charge in [0.2, 0.25) is 17.6 Å². The molecule has 4 rings (SSSR count). The highest BCUT2D eigenvalue weighted by atomic mass is 16.5. The van der Waals surface area contributed by atoms with Gasteiger partial charge in [-0.3, -0.25) is 4.79 Å². The molecule has 144 valence electrons. The second-order valence-corrected chi connectivity index (χ2v) is 7.18. The van der Waals surface area contributed by atoms with Crippen LogP contribution in [-0.4, -0.2) is 47.3 Å². The molecule has 1 aliphatic carbocycles. The molecule has 2 fully saturated rings. The van der Waals surface area contributed by atoms with Crippen LogP contribution in [0.3, 0.4) is 0 Å². The molecule has 1 amide bonds. The Labute approximate surface area is 158 Å². The number of amides is 1. The molecule has 0 spiro atoms. The van der Waals surface area contributed by atoms with E-state index in [0.29, 0.717) is 17.6 Å². The maximum Gasteiger partial charge on any atom is 0.249 e. The number of ether oxygens (including phenoxy) is 1. The Hall–Kier alpha value is -2.48. The van der Waals surface area contributed by atoms with Gasteiger partial charge in [0.1, 0.15) is 11.9 Å². The molecule has 8 nitrogen and oxygen atoms in total. The maximum absolute atomic E-state index is 11.6. The molecule has 1 unspecified atom stereocenters. The van der Waals surface area contributed by atoms with Gasteiger partial charge < -0.3 is 19.5 Å². The Morgan fingerprint density at radius 3 is 2.70 bits per heavy atom. The molecular formula is C19H25N5O3. The number of carbonyl (C=O) groups is 1. The van der Waals surface area contributed by atoms with Gasteiger partial charge in [0.15, 0.2) is 0 Å².